The van der Waals surface area contributed by atoms with Crippen LogP contribution in [0.2, 0.25) is 0 Å². The molecule has 2 aliphatic rings. The molecule has 17 heavy (non-hydrogen) atoms. The Morgan fingerprint density at radius 1 is 1.06 bits per heavy atom. The number of hydrogen-bond donors (Lipinski definition) is 1. The van der Waals surface area contributed by atoms with Gasteiger partial charge in [0.25, 0.3) is 0 Å². The fraction of sp³-hybridized carbons (Fsp3) is 0.533. The van der Waals surface area contributed by atoms with Crippen molar-refractivity contribution in [2.45, 2.75) is 44.6 Å². The van der Waals surface area contributed by atoms with E-state index in [9.17, 15) is 4.79 Å². The lowest BCUT2D eigenvalue weighted by Gasteiger charge is -2.34. The second-order valence-electron chi connectivity index (χ2n) is 5.32. The number of ketones is 1. The molecule has 0 spiro atoms. The number of anilines is 1. The van der Waals surface area contributed by atoms with E-state index in [1.54, 1.807) is 0 Å². The van der Waals surface area contributed by atoms with Crippen LogP contribution < -0.4 is 5.32 Å². The summed E-state index contributed by atoms with van der Waals surface area (Å²) >= 11 is 0. The Balaban J connectivity index is 1.80. The van der Waals surface area contributed by atoms with Crippen LogP contribution in [0.4, 0.5) is 5.69 Å². The first-order valence-electron chi connectivity index (χ1n) is 6.73. The first kappa shape index (κ1) is 10.8. The lowest BCUT2D eigenvalue weighted by Crippen LogP contribution is -2.36. The van der Waals surface area contributed by atoms with Crippen LogP contribution in [0.1, 0.15) is 48.9 Å². The van der Waals surface area contributed by atoms with E-state index >= 15 is 0 Å². The van der Waals surface area contributed by atoms with Gasteiger partial charge in [0.2, 0.25) is 0 Å². The third kappa shape index (κ3) is 2.08. The van der Waals surface area contributed by atoms with E-state index in [0.29, 0.717) is 24.2 Å². The van der Waals surface area contributed by atoms with Crippen LogP contribution in [0.15, 0.2) is 24.3 Å². The molecule has 3 rings (SSSR count). The third-order valence-corrected chi connectivity index (χ3v) is 4.19. The molecule has 0 saturated heterocycles. The normalized spacial score (nSPS) is 25.2. The van der Waals surface area contributed by atoms with E-state index in [-0.39, 0.29) is 0 Å². The number of carbonyl (C=O) groups is 1. The smallest absolute Gasteiger partial charge is 0.167 e. The van der Waals surface area contributed by atoms with E-state index in [4.69, 9.17) is 0 Å². The van der Waals surface area contributed by atoms with Crippen LogP contribution >= 0.6 is 0 Å². The second kappa shape index (κ2) is 4.52. The molecule has 0 aromatic heterocycles. The number of benzene rings is 1. The molecule has 1 aliphatic heterocycles. The molecular weight excluding hydrogens is 210 g/mol. The summed E-state index contributed by atoms with van der Waals surface area (Å²) < 4.78 is 0. The average Bonchev–Trinajstić information content (AvgIpc) is 2.40. The van der Waals surface area contributed by atoms with Crippen molar-refractivity contribution in [3.8, 4) is 0 Å². The molecule has 1 saturated carbocycles. The van der Waals surface area contributed by atoms with Crippen molar-refractivity contribution in [1.82, 2.24) is 0 Å². The van der Waals surface area contributed by atoms with Gasteiger partial charge in [-0.3, -0.25) is 4.79 Å². The zero-order chi connectivity index (χ0) is 11.7. The van der Waals surface area contributed by atoms with Gasteiger partial charge in [0.15, 0.2) is 5.78 Å². The van der Waals surface area contributed by atoms with Gasteiger partial charge in [-0.25, -0.2) is 0 Å². The summed E-state index contributed by atoms with van der Waals surface area (Å²) in [5.41, 5.74) is 1.92. The zero-order valence-corrected chi connectivity index (χ0v) is 10.1. The molecule has 2 heteroatoms. The van der Waals surface area contributed by atoms with Crippen LogP contribution in [0.5, 0.6) is 0 Å². The van der Waals surface area contributed by atoms with Gasteiger partial charge in [-0.1, -0.05) is 31.4 Å². The minimum atomic E-state index is 0.315. The number of fused-ring (bicyclic) bond motifs is 1. The molecule has 1 atom stereocenters. The Kier molecular flexibility index (Phi) is 2.87. The number of hydrogen-bond acceptors (Lipinski definition) is 2. The van der Waals surface area contributed by atoms with Gasteiger partial charge in [-0.2, -0.15) is 0 Å². The lowest BCUT2D eigenvalue weighted by molar-refractivity contribution is 0.0958. The highest BCUT2D eigenvalue weighted by Gasteiger charge is 2.30. The Hall–Kier alpha value is -1.31. The Bertz CT molecular complexity index is 421. The van der Waals surface area contributed by atoms with Gasteiger partial charge < -0.3 is 5.32 Å². The van der Waals surface area contributed by atoms with Crippen LogP contribution in [-0.2, 0) is 0 Å². The molecule has 1 aliphatic carbocycles. The van der Waals surface area contributed by atoms with Crippen molar-refractivity contribution in [2.24, 2.45) is 5.92 Å². The topological polar surface area (TPSA) is 29.1 Å². The van der Waals surface area contributed by atoms with Gasteiger partial charge in [0.1, 0.15) is 0 Å². The summed E-state index contributed by atoms with van der Waals surface area (Å²) in [6.07, 6.45) is 7.28. The van der Waals surface area contributed by atoms with Crippen LogP contribution in [0, 0.1) is 5.92 Å². The molecule has 2 nitrogen and oxygen atoms in total. The molecule has 0 amide bonds. The first-order chi connectivity index (χ1) is 8.34. The van der Waals surface area contributed by atoms with Crippen molar-refractivity contribution in [2.75, 3.05) is 5.32 Å². The molecule has 1 N–H and O–H groups in total. The van der Waals surface area contributed by atoms with Gasteiger partial charge in [0.05, 0.1) is 0 Å². The van der Waals surface area contributed by atoms with Gasteiger partial charge in [0, 0.05) is 23.7 Å². The fourth-order valence-electron chi connectivity index (χ4n) is 3.23. The highest BCUT2D eigenvalue weighted by molar-refractivity contribution is 6.03. The van der Waals surface area contributed by atoms with Gasteiger partial charge in [-0.15, -0.1) is 0 Å². The van der Waals surface area contributed by atoms with Crippen molar-refractivity contribution < 1.29 is 4.79 Å². The van der Waals surface area contributed by atoms with E-state index < -0.39 is 0 Å². The largest absolute Gasteiger partial charge is 0.381 e. The molecule has 90 valence electrons. The summed E-state index contributed by atoms with van der Waals surface area (Å²) in [6.45, 7) is 0. The Morgan fingerprint density at radius 2 is 1.82 bits per heavy atom. The SMILES string of the molecule is O=C1C[C@@H](C2CCCCC2)Nc2ccccc21. The summed E-state index contributed by atoms with van der Waals surface area (Å²) in [5.74, 6) is 1.01. The monoisotopic (exact) mass is 229 g/mol. The molecule has 1 fully saturated rings. The molecular formula is C15H19NO. The van der Waals surface area contributed by atoms with Gasteiger partial charge in [-0.05, 0) is 30.9 Å². The Morgan fingerprint density at radius 3 is 2.65 bits per heavy atom. The van der Waals surface area contributed by atoms with E-state index in [2.05, 4.69) is 5.32 Å². The van der Waals surface area contributed by atoms with E-state index in [1.165, 1.54) is 32.1 Å². The van der Waals surface area contributed by atoms with E-state index in [1.807, 2.05) is 24.3 Å². The van der Waals surface area contributed by atoms with E-state index in [0.717, 1.165) is 11.3 Å². The fourth-order valence-corrected chi connectivity index (χ4v) is 3.23. The van der Waals surface area contributed by atoms with Crippen LogP contribution in [0.3, 0.4) is 0 Å². The predicted molar refractivity (Wildman–Crippen MR) is 69.4 cm³/mol. The summed E-state index contributed by atoms with van der Waals surface area (Å²) in [6, 6.07) is 8.28. The van der Waals surface area contributed by atoms with Crippen LogP contribution in [-0.4, -0.2) is 11.8 Å². The third-order valence-electron chi connectivity index (χ3n) is 4.19. The number of para-hydroxylation sites is 1. The average molecular weight is 229 g/mol. The quantitative estimate of drug-likeness (QED) is 0.796. The predicted octanol–water partition coefficient (Wildman–Crippen LogP) is 3.63. The molecule has 0 radical (unpaired) electrons. The van der Waals surface area contributed by atoms with Gasteiger partial charge >= 0.3 is 0 Å². The highest BCUT2D eigenvalue weighted by atomic mass is 16.1. The summed E-state index contributed by atoms with van der Waals surface area (Å²) in [4.78, 5) is 12.1. The van der Waals surface area contributed by atoms with Crippen molar-refractivity contribution in [1.29, 1.82) is 0 Å². The molecule has 1 heterocycles. The molecule has 1 aromatic carbocycles. The van der Waals surface area contributed by atoms with Crippen molar-refractivity contribution in [3.05, 3.63) is 29.8 Å². The first-order valence-corrected chi connectivity index (χ1v) is 6.73. The zero-order valence-electron chi connectivity index (χ0n) is 10.1. The van der Waals surface area contributed by atoms with Crippen LogP contribution in [0.25, 0.3) is 0 Å². The van der Waals surface area contributed by atoms with Crippen molar-refractivity contribution in [3.63, 3.8) is 0 Å². The highest BCUT2D eigenvalue weighted by Crippen LogP contribution is 2.34. The number of carbonyl (C=O) groups excluding carboxylic acids is 1. The molecule has 1 aromatic rings. The maximum atomic E-state index is 12.1. The minimum Gasteiger partial charge on any atom is -0.381 e. The van der Waals surface area contributed by atoms with Crippen molar-refractivity contribution >= 4 is 11.5 Å². The Labute approximate surface area is 102 Å². The molecule has 0 unspecified atom stereocenters. The number of nitrogens with one attached hydrogen (secondary N) is 1. The lowest BCUT2D eigenvalue weighted by atomic mass is 9.80. The maximum absolute atomic E-state index is 12.1. The number of rotatable bonds is 1. The molecule has 0 bridgehead atoms. The minimum absolute atomic E-state index is 0.315. The summed E-state index contributed by atoms with van der Waals surface area (Å²) in [7, 11) is 0. The second-order valence-corrected chi connectivity index (χ2v) is 5.32. The maximum Gasteiger partial charge on any atom is 0.167 e. The number of Topliss-reactive ketones (excluding diaryl/α,β-unsaturated/α-hetero) is 1. The standard InChI is InChI=1S/C15H19NO/c17-15-10-14(11-6-2-1-3-7-11)16-13-9-5-4-8-12(13)15/h4-5,8-9,11,14,16H,1-3,6-7,10H2/t14-/m0/s1. The summed E-state index contributed by atoms with van der Waals surface area (Å²) in [5, 5.41) is 3.58.